The maximum Gasteiger partial charge on any atom is 0.272 e. The first-order valence-electron chi connectivity index (χ1n) is 5.10. The number of aromatic amines is 1. The molecule has 0 saturated heterocycles. The number of likely N-dealkylation sites (N-methyl/N-ethyl adjacent to an activating group) is 1. The minimum absolute atomic E-state index is 0.0458. The lowest BCUT2D eigenvalue weighted by Crippen LogP contribution is -2.32. The third kappa shape index (κ3) is 2.29. The van der Waals surface area contributed by atoms with Gasteiger partial charge in [0.15, 0.2) is 4.77 Å². The molecule has 0 bridgehead atoms. The van der Waals surface area contributed by atoms with Gasteiger partial charge in [-0.1, -0.05) is 0 Å². The van der Waals surface area contributed by atoms with Crippen LogP contribution < -0.4 is 10.9 Å². The molecule has 7 heteroatoms. The van der Waals surface area contributed by atoms with Gasteiger partial charge in [-0.3, -0.25) is 14.2 Å². The Labute approximate surface area is 106 Å². The Morgan fingerprint density at radius 1 is 1.65 bits per heavy atom. The molecule has 17 heavy (non-hydrogen) atoms. The zero-order valence-corrected chi connectivity index (χ0v) is 10.8. The Morgan fingerprint density at radius 2 is 2.41 bits per heavy atom. The summed E-state index contributed by atoms with van der Waals surface area (Å²) in [5.74, 6) is -0.218. The molecule has 0 aliphatic heterocycles. The first-order chi connectivity index (χ1) is 8.13. The van der Waals surface area contributed by atoms with Crippen molar-refractivity contribution >= 4 is 39.7 Å². The number of hydrogen-bond donors (Lipinski definition) is 2. The molecule has 5 nitrogen and oxygen atoms in total. The van der Waals surface area contributed by atoms with Crippen molar-refractivity contribution in [2.75, 3.05) is 6.54 Å². The number of carbonyl (C=O) groups is 1. The van der Waals surface area contributed by atoms with Gasteiger partial charge in [0.1, 0.15) is 11.2 Å². The average Bonchev–Trinajstić information content (AvgIpc) is 2.72. The lowest BCUT2D eigenvalue weighted by molar-refractivity contribution is -0.121. The van der Waals surface area contributed by atoms with Crippen LogP contribution in [0.25, 0.3) is 10.2 Å². The van der Waals surface area contributed by atoms with Crippen LogP contribution in [0.4, 0.5) is 0 Å². The van der Waals surface area contributed by atoms with Crippen LogP contribution in [0.1, 0.15) is 6.92 Å². The quantitative estimate of drug-likeness (QED) is 0.824. The van der Waals surface area contributed by atoms with Crippen LogP contribution in [0, 0.1) is 4.77 Å². The van der Waals surface area contributed by atoms with Crippen molar-refractivity contribution < 1.29 is 4.79 Å². The molecule has 0 spiro atoms. The fraction of sp³-hybridized carbons (Fsp3) is 0.300. The van der Waals surface area contributed by atoms with E-state index in [1.807, 2.05) is 12.3 Å². The Hall–Kier alpha value is -1.47. The van der Waals surface area contributed by atoms with Crippen molar-refractivity contribution in [2.45, 2.75) is 13.5 Å². The molecular weight excluding hydrogens is 258 g/mol. The molecule has 0 radical (unpaired) electrons. The molecule has 0 atom stereocenters. The fourth-order valence-electron chi connectivity index (χ4n) is 1.51. The number of fused-ring (bicyclic) bond motifs is 1. The van der Waals surface area contributed by atoms with Crippen LogP contribution in [0.5, 0.6) is 0 Å². The lowest BCUT2D eigenvalue weighted by Gasteiger charge is -2.06. The first-order valence-corrected chi connectivity index (χ1v) is 6.39. The third-order valence-corrected chi connectivity index (χ3v) is 3.49. The normalized spacial score (nSPS) is 10.6. The minimum Gasteiger partial charge on any atom is -0.355 e. The SMILES string of the molecule is CCNC(=O)Cn1c(=S)[nH]c2ccsc2c1=O. The van der Waals surface area contributed by atoms with Gasteiger partial charge in [0.25, 0.3) is 5.56 Å². The number of aromatic nitrogens is 2. The predicted molar refractivity (Wildman–Crippen MR) is 70.0 cm³/mol. The smallest absolute Gasteiger partial charge is 0.272 e. The van der Waals surface area contributed by atoms with Gasteiger partial charge in [0, 0.05) is 6.54 Å². The molecule has 0 fully saturated rings. The van der Waals surface area contributed by atoms with E-state index in [0.717, 1.165) is 5.52 Å². The summed E-state index contributed by atoms with van der Waals surface area (Å²) in [5.41, 5.74) is 0.502. The van der Waals surface area contributed by atoms with Gasteiger partial charge in [0.05, 0.1) is 5.52 Å². The Balaban J connectivity index is 2.50. The zero-order chi connectivity index (χ0) is 12.4. The van der Waals surface area contributed by atoms with Crippen molar-refractivity contribution in [2.24, 2.45) is 0 Å². The van der Waals surface area contributed by atoms with Gasteiger partial charge < -0.3 is 10.3 Å². The molecule has 2 aromatic heterocycles. The van der Waals surface area contributed by atoms with E-state index in [-0.39, 0.29) is 22.8 Å². The Bertz CT molecular complexity index is 668. The van der Waals surface area contributed by atoms with E-state index in [2.05, 4.69) is 10.3 Å². The lowest BCUT2D eigenvalue weighted by atomic mass is 10.4. The largest absolute Gasteiger partial charge is 0.355 e. The molecule has 2 aromatic rings. The second-order valence-electron chi connectivity index (χ2n) is 3.44. The van der Waals surface area contributed by atoms with Gasteiger partial charge in [-0.25, -0.2) is 0 Å². The first kappa shape index (κ1) is 12.0. The van der Waals surface area contributed by atoms with Crippen LogP contribution in [-0.4, -0.2) is 22.0 Å². The topological polar surface area (TPSA) is 66.9 Å². The fourth-order valence-corrected chi connectivity index (χ4v) is 2.57. The molecule has 0 saturated carbocycles. The van der Waals surface area contributed by atoms with Crippen LogP contribution in [0.2, 0.25) is 0 Å². The summed E-state index contributed by atoms with van der Waals surface area (Å²) in [4.78, 5) is 26.5. The summed E-state index contributed by atoms with van der Waals surface area (Å²) in [6.07, 6.45) is 0. The monoisotopic (exact) mass is 269 g/mol. The summed E-state index contributed by atoms with van der Waals surface area (Å²) in [6, 6.07) is 1.80. The maximum atomic E-state index is 12.1. The number of nitrogens with zero attached hydrogens (tertiary/aromatic N) is 1. The van der Waals surface area contributed by atoms with Gasteiger partial charge in [-0.05, 0) is 30.6 Å². The van der Waals surface area contributed by atoms with Gasteiger partial charge in [-0.15, -0.1) is 11.3 Å². The second kappa shape index (κ2) is 4.80. The number of hydrogen-bond acceptors (Lipinski definition) is 4. The zero-order valence-electron chi connectivity index (χ0n) is 9.15. The van der Waals surface area contributed by atoms with Gasteiger partial charge in [0.2, 0.25) is 5.91 Å². The van der Waals surface area contributed by atoms with Crippen LogP contribution in [-0.2, 0) is 11.3 Å². The third-order valence-electron chi connectivity index (χ3n) is 2.27. The molecule has 2 rings (SSSR count). The molecule has 0 aliphatic rings. The van der Waals surface area contributed by atoms with Crippen molar-refractivity contribution in [1.82, 2.24) is 14.9 Å². The van der Waals surface area contributed by atoms with E-state index in [4.69, 9.17) is 12.2 Å². The van der Waals surface area contributed by atoms with Gasteiger partial charge >= 0.3 is 0 Å². The van der Waals surface area contributed by atoms with Crippen LogP contribution in [0.15, 0.2) is 16.2 Å². The summed E-state index contributed by atoms with van der Waals surface area (Å²) in [5, 5.41) is 4.45. The number of thiophene rings is 1. The van der Waals surface area contributed by atoms with Crippen molar-refractivity contribution in [3.05, 3.63) is 26.6 Å². The molecular formula is C10H11N3O2S2. The highest BCUT2D eigenvalue weighted by molar-refractivity contribution is 7.71. The number of nitrogens with one attached hydrogen (secondary N) is 2. The van der Waals surface area contributed by atoms with E-state index < -0.39 is 0 Å². The van der Waals surface area contributed by atoms with E-state index in [1.165, 1.54) is 15.9 Å². The van der Waals surface area contributed by atoms with Gasteiger partial charge in [-0.2, -0.15) is 0 Å². The average molecular weight is 269 g/mol. The Kier molecular flexibility index (Phi) is 3.39. The van der Waals surface area contributed by atoms with Crippen molar-refractivity contribution in [3.8, 4) is 0 Å². The summed E-state index contributed by atoms with van der Waals surface area (Å²) >= 11 is 6.40. The highest BCUT2D eigenvalue weighted by Gasteiger charge is 2.09. The molecule has 2 N–H and O–H groups in total. The molecule has 2 heterocycles. The number of rotatable bonds is 3. The van der Waals surface area contributed by atoms with E-state index >= 15 is 0 Å². The van der Waals surface area contributed by atoms with E-state index in [9.17, 15) is 9.59 Å². The molecule has 1 amide bonds. The molecule has 90 valence electrons. The number of amides is 1. The summed E-state index contributed by atoms with van der Waals surface area (Å²) < 4.78 is 2.13. The maximum absolute atomic E-state index is 12.1. The number of H-pyrrole nitrogens is 1. The number of carbonyl (C=O) groups excluding carboxylic acids is 1. The predicted octanol–water partition coefficient (Wildman–Crippen LogP) is 1.26. The highest BCUT2D eigenvalue weighted by Crippen LogP contribution is 2.13. The second-order valence-corrected chi connectivity index (χ2v) is 4.74. The van der Waals surface area contributed by atoms with Crippen molar-refractivity contribution in [1.29, 1.82) is 0 Å². The van der Waals surface area contributed by atoms with Crippen LogP contribution >= 0.6 is 23.6 Å². The Morgan fingerprint density at radius 3 is 3.12 bits per heavy atom. The minimum atomic E-state index is -0.218. The van der Waals surface area contributed by atoms with E-state index in [1.54, 1.807) is 6.07 Å². The molecule has 0 aromatic carbocycles. The standard InChI is InChI=1S/C10H11N3O2S2/c1-2-11-7(14)5-13-9(15)8-6(3-4-17-8)12-10(13)16/h3-4H,2,5H2,1H3,(H,11,14)(H,12,16). The summed E-state index contributed by atoms with van der Waals surface area (Å²) in [6.45, 7) is 2.31. The van der Waals surface area contributed by atoms with Crippen LogP contribution in [0.3, 0.4) is 0 Å². The molecule has 0 aliphatic carbocycles. The van der Waals surface area contributed by atoms with E-state index in [0.29, 0.717) is 11.2 Å². The summed E-state index contributed by atoms with van der Waals surface area (Å²) in [7, 11) is 0. The van der Waals surface area contributed by atoms with Crippen molar-refractivity contribution in [3.63, 3.8) is 0 Å². The highest BCUT2D eigenvalue weighted by atomic mass is 32.1. The molecule has 0 unspecified atom stereocenters.